The second-order valence-corrected chi connectivity index (χ2v) is 3.25. The van der Waals surface area contributed by atoms with Crippen LogP contribution in [0.15, 0.2) is 33.5 Å². The molecule has 0 atom stereocenters. The largest absolute Gasteiger partial charge is 0.437 e. The third-order valence-electron chi connectivity index (χ3n) is 2.01. The van der Waals surface area contributed by atoms with E-state index >= 15 is 0 Å². The summed E-state index contributed by atoms with van der Waals surface area (Å²) in [5.74, 6) is -1.54. The van der Waals surface area contributed by atoms with Gasteiger partial charge >= 0.3 is 5.76 Å². The lowest BCUT2D eigenvalue weighted by Gasteiger charge is -1.95. The normalized spacial score (nSPS) is 11.1. The van der Waals surface area contributed by atoms with Crippen molar-refractivity contribution >= 4 is 0 Å². The molecule has 0 aliphatic rings. The molecule has 0 N–H and O–H groups in total. The highest BCUT2D eigenvalue weighted by molar-refractivity contribution is 5.51. The maximum absolute atomic E-state index is 12.6. The Kier molecular flexibility index (Phi) is 2.99. The molecule has 0 spiro atoms. The van der Waals surface area contributed by atoms with Gasteiger partial charge in [-0.2, -0.15) is 4.68 Å². The molecular formula is C10H7F3N2O2. The summed E-state index contributed by atoms with van der Waals surface area (Å²) in [5.41, 5.74) is 0.344. The lowest BCUT2D eigenvalue weighted by molar-refractivity contribution is 0.119. The van der Waals surface area contributed by atoms with E-state index in [2.05, 4.69) is 9.52 Å². The average Bonchev–Trinajstić information content (AvgIpc) is 2.60. The number of rotatable bonds is 3. The van der Waals surface area contributed by atoms with E-state index in [1.165, 1.54) is 12.1 Å². The van der Waals surface area contributed by atoms with Crippen molar-refractivity contribution in [2.75, 3.05) is 0 Å². The zero-order chi connectivity index (χ0) is 12.4. The number of benzene rings is 1. The monoisotopic (exact) mass is 244 g/mol. The number of hydrogen-bond acceptors (Lipinski definition) is 3. The first-order valence-electron chi connectivity index (χ1n) is 4.68. The summed E-state index contributed by atoms with van der Waals surface area (Å²) in [7, 11) is 0. The Morgan fingerprint density at radius 2 is 1.94 bits per heavy atom. The molecule has 2 aromatic rings. The van der Waals surface area contributed by atoms with Gasteiger partial charge in [0.15, 0.2) is 0 Å². The Morgan fingerprint density at radius 3 is 2.53 bits per heavy atom. The summed E-state index contributed by atoms with van der Waals surface area (Å²) in [6.45, 7) is -0.830. The molecular weight excluding hydrogens is 237 g/mol. The molecule has 1 aromatic carbocycles. The van der Waals surface area contributed by atoms with E-state index < -0.39 is 24.5 Å². The summed E-state index contributed by atoms with van der Waals surface area (Å²) >= 11 is 0. The van der Waals surface area contributed by atoms with Gasteiger partial charge in [-0.3, -0.25) is 0 Å². The number of halogens is 3. The van der Waals surface area contributed by atoms with Crippen molar-refractivity contribution < 1.29 is 17.6 Å². The van der Waals surface area contributed by atoms with Gasteiger partial charge in [-0.15, -0.1) is 5.10 Å². The first-order chi connectivity index (χ1) is 8.06. The number of alkyl halides is 2. The van der Waals surface area contributed by atoms with Crippen LogP contribution in [0.25, 0.3) is 11.5 Å². The van der Waals surface area contributed by atoms with Crippen molar-refractivity contribution in [2.45, 2.75) is 13.0 Å². The first-order valence-corrected chi connectivity index (χ1v) is 4.68. The van der Waals surface area contributed by atoms with E-state index in [0.29, 0.717) is 10.2 Å². The smallest absolute Gasteiger partial charge is 0.388 e. The Bertz CT molecular complexity index is 560. The summed E-state index contributed by atoms with van der Waals surface area (Å²) in [5, 5.41) is 3.58. The fourth-order valence-corrected chi connectivity index (χ4v) is 1.26. The van der Waals surface area contributed by atoms with Crippen LogP contribution < -0.4 is 5.76 Å². The van der Waals surface area contributed by atoms with Gasteiger partial charge in [0.25, 0.3) is 6.43 Å². The molecule has 0 unspecified atom stereocenters. The Balaban J connectivity index is 2.34. The van der Waals surface area contributed by atoms with E-state index in [9.17, 15) is 18.0 Å². The number of hydrogen-bond donors (Lipinski definition) is 0. The minimum Gasteiger partial charge on any atom is -0.388 e. The molecule has 17 heavy (non-hydrogen) atoms. The fourth-order valence-electron chi connectivity index (χ4n) is 1.26. The van der Waals surface area contributed by atoms with Gasteiger partial charge in [0, 0.05) is 5.56 Å². The van der Waals surface area contributed by atoms with Crippen LogP contribution in [0.5, 0.6) is 0 Å². The van der Waals surface area contributed by atoms with Crippen molar-refractivity contribution in [3.8, 4) is 11.5 Å². The van der Waals surface area contributed by atoms with Crippen LogP contribution in [0.2, 0.25) is 0 Å². The Morgan fingerprint density at radius 1 is 1.29 bits per heavy atom. The van der Waals surface area contributed by atoms with E-state index in [-0.39, 0.29) is 5.89 Å². The first kappa shape index (κ1) is 11.4. The van der Waals surface area contributed by atoms with Gasteiger partial charge in [0.1, 0.15) is 12.4 Å². The maximum atomic E-state index is 12.6. The zero-order valence-electron chi connectivity index (χ0n) is 8.44. The molecule has 1 aromatic heterocycles. The predicted molar refractivity (Wildman–Crippen MR) is 52.2 cm³/mol. The fraction of sp³-hybridized carbons (Fsp3) is 0.200. The maximum Gasteiger partial charge on any atom is 0.437 e. The summed E-state index contributed by atoms with van der Waals surface area (Å²) in [6.07, 6.45) is -2.70. The van der Waals surface area contributed by atoms with Crippen LogP contribution >= 0.6 is 0 Å². The van der Waals surface area contributed by atoms with Gasteiger partial charge in [-0.25, -0.2) is 18.0 Å². The molecule has 0 fully saturated rings. The van der Waals surface area contributed by atoms with Crippen molar-refractivity contribution in [2.24, 2.45) is 0 Å². The highest BCUT2D eigenvalue weighted by atomic mass is 19.3. The second kappa shape index (κ2) is 4.44. The molecule has 0 aliphatic heterocycles. The van der Waals surface area contributed by atoms with Crippen LogP contribution in [0.4, 0.5) is 13.2 Å². The summed E-state index contributed by atoms with van der Waals surface area (Å²) < 4.78 is 42.0. The van der Waals surface area contributed by atoms with Crippen LogP contribution in [0, 0.1) is 5.82 Å². The van der Waals surface area contributed by atoms with Gasteiger partial charge in [0.05, 0.1) is 0 Å². The molecule has 2 rings (SSSR count). The highest BCUT2D eigenvalue weighted by Crippen LogP contribution is 2.15. The molecule has 0 amide bonds. The third-order valence-corrected chi connectivity index (χ3v) is 2.01. The van der Waals surface area contributed by atoms with E-state index in [1.54, 1.807) is 0 Å². The topological polar surface area (TPSA) is 48.0 Å². The van der Waals surface area contributed by atoms with Crippen molar-refractivity contribution in [1.82, 2.24) is 9.78 Å². The Hall–Kier alpha value is -2.05. The highest BCUT2D eigenvalue weighted by Gasteiger charge is 2.13. The van der Waals surface area contributed by atoms with Gasteiger partial charge in [-0.1, -0.05) is 0 Å². The Labute approximate surface area is 93.3 Å². The molecule has 90 valence electrons. The average molecular weight is 244 g/mol. The second-order valence-electron chi connectivity index (χ2n) is 3.25. The van der Waals surface area contributed by atoms with Crippen molar-refractivity contribution in [3.63, 3.8) is 0 Å². The third kappa shape index (κ3) is 2.55. The molecule has 0 bridgehead atoms. The van der Waals surface area contributed by atoms with E-state index in [0.717, 1.165) is 12.1 Å². The van der Waals surface area contributed by atoms with E-state index in [1.807, 2.05) is 0 Å². The number of aromatic nitrogens is 2. The zero-order valence-corrected chi connectivity index (χ0v) is 8.44. The van der Waals surface area contributed by atoms with Crippen molar-refractivity contribution in [1.29, 1.82) is 0 Å². The lowest BCUT2D eigenvalue weighted by Crippen LogP contribution is -2.19. The van der Waals surface area contributed by atoms with Gasteiger partial charge in [-0.05, 0) is 24.3 Å². The molecule has 0 aliphatic carbocycles. The summed E-state index contributed by atoms with van der Waals surface area (Å²) in [6, 6.07) is 4.99. The molecule has 0 radical (unpaired) electrons. The minimum absolute atomic E-state index is 0.115. The molecule has 1 heterocycles. The summed E-state index contributed by atoms with van der Waals surface area (Å²) in [4.78, 5) is 11.1. The van der Waals surface area contributed by atoms with Crippen LogP contribution in [0.1, 0.15) is 0 Å². The molecule has 7 heteroatoms. The molecule has 0 saturated heterocycles. The quantitative estimate of drug-likeness (QED) is 0.828. The van der Waals surface area contributed by atoms with Crippen LogP contribution in [-0.4, -0.2) is 16.2 Å². The standard InChI is InChI=1S/C10H7F3N2O2/c11-7-3-1-6(2-4-7)9-14-15(5-8(12)13)10(16)17-9/h1-4,8H,5H2. The van der Waals surface area contributed by atoms with Gasteiger partial charge in [0.2, 0.25) is 5.89 Å². The minimum atomic E-state index is -2.70. The van der Waals surface area contributed by atoms with E-state index in [4.69, 9.17) is 0 Å². The predicted octanol–water partition coefficient (Wildman–Crippen LogP) is 1.91. The van der Waals surface area contributed by atoms with Crippen LogP contribution in [0.3, 0.4) is 0 Å². The lowest BCUT2D eigenvalue weighted by atomic mass is 10.2. The molecule has 0 saturated carbocycles. The van der Waals surface area contributed by atoms with Crippen molar-refractivity contribution in [3.05, 3.63) is 40.6 Å². The SMILES string of the molecule is O=c1oc(-c2ccc(F)cc2)nn1CC(F)F. The van der Waals surface area contributed by atoms with Crippen LogP contribution in [-0.2, 0) is 6.54 Å². The molecule has 4 nitrogen and oxygen atoms in total. The van der Waals surface area contributed by atoms with Gasteiger partial charge < -0.3 is 4.42 Å². The number of nitrogens with zero attached hydrogens (tertiary/aromatic N) is 2.